The Morgan fingerprint density at radius 3 is 2.29 bits per heavy atom. The minimum atomic E-state index is -1.26. The van der Waals surface area contributed by atoms with Crippen molar-refractivity contribution >= 4 is 22.8 Å². The van der Waals surface area contributed by atoms with E-state index in [4.69, 9.17) is 14.9 Å². The normalized spacial score (nSPS) is 14.2. The third kappa shape index (κ3) is 5.89. The fourth-order valence-electron chi connectivity index (χ4n) is 3.15. The summed E-state index contributed by atoms with van der Waals surface area (Å²) in [5.74, 6) is -2.23. The minimum absolute atomic E-state index is 0.156. The molecule has 1 aromatic heterocycles. The van der Waals surface area contributed by atoms with Crippen LogP contribution in [0.2, 0.25) is 0 Å². The van der Waals surface area contributed by atoms with E-state index < -0.39 is 11.9 Å². The van der Waals surface area contributed by atoms with Gasteiger partial charge in [0.2, 0.25) is 5.88 Å². The molecule has 0 unspecified atom stereocenters. The molecule has 3 N–H and O–H groups in total. The topological polar surface area (TPSA) is 114 Å². The predicted molar refractivity (Wildman–Crippen MR) is 112 cm³/mol. The molecule has 3 aromatic rings. The number of carboxylic acids is 2. The molecule has 2 heterocycles. The number of rotatable bonds is 5. The number of hydrogen-bond donors (Lipinski definition) is 3. The van der Waals surface area contributed by atoms with Crippen LogP contribution in [0.5, 0.6) is 5.88 Å². The zero-order chi connectivity index (χ0) is 22.2. The van der Waals surface area contributed by atoms with Crippen LogP contribution in [0.1, 0.15) is 12.8 Å². The lowest BCUT2D eigenvalue weighted by Crippen LogP contribution is -2.34. The van der Waals surface area contributed by atoms with E-state index in [9.17, 15) is 14.0 Å². The molecule has 1 aliphatic heterocycles. The average molecular weight is 427 g/mol. The Hall–Kier alpha value is -3.72. The summed E-state index contributed by atoms with van der Waals surface area (Å²) in [7, 11) is 0. The van der Waals surface area contributed by atoms with E-state index >= 15 is 0 Å². The quantitative estimate of drug-likeness (QED) is 0.537. The van der Waals surface area contributed by atoms with E-state index in [1.165, 1.54) is 6.07 Å². The number of aliphatic carboxylic acids is 2. The van der Waals surface area contributed by atoms with Crippen LogP contribution in [0, 0.1) is 5.82 Å². The van der Waals surface area contributed by atoms with E-state index in [0.717, 1.165) is 36.8 Å². The summed E-state index contributed by atoms with van der Waals surface area (Å²) in [6, 6.07) is 14.4. The Morgan fingerprint density at radius 1 is 1.03 bits per heavy atom. The summed E-state index contributed by atoms with van der Waals surface area (Å²) in [5.41, 5.74) is 1.28. The highest BCUT2D eigenvalue weighted by Gasteiger charge is 2.20. The molecule has 4 rings (SSSR count). The molecule has 0 aliphatic carbocycles. The second-order valence-electron chi connectivity index (χ2n) is 6.76. The van der Waals surface area contributed by atoms with Crippen LogP contribution in [0.3, 0.4) is 0 Å². The number of carboxylic acid groups (broad SMARTS) is 2. The fourth-order valence-corrected chi connectivity index (χ4v) is 3.15. The van der Waals surface area contributed by atoms with Crippen LogP contribution < -0.4 is 10.1 Å². The Kier molecular flexibility index (Phi) is 7.34. The van der Waals surface area contributed by atoms with Crippen LogP contribution in [0.4, 0.5) is 4.39 Å². The molecule has 0 amide bonds. The first-order valence-corrected chi connectivity index (χ1v) is 9.69. The van der Waals surface area contributed by atoms with Crippen LogP contribution in [0.15, 0.2) is 60.7 Å². The highest BCUT2D eigenvalue weighted by Crippen LogP contribution is 2.29. The molecular weight excluding hydrogens is 405 g/mol. The number of halogens is 1. The number of ether oxygens (including phenoxy) is 1. The van der Waals surface area contributed by atoms with Gasteiger partial charge in [-0.2, -0.15) is 0 Å². The first kappa shape index (κ1) is 22.0. The number of carbonyl (C=O) groups is 2. The van der Waals surface area contributed by atoms with E-state index in [-0.39, 0.29) is 11.9 Å². The molecule has 1 saturated heterocycles. The van der Waals surface area contributed by atoms with Crippen molar-refractivity contribution in [2.75, 3.05) is 13.1 Å². The third-order valence-electron chi connectivity index (χ3n) is 4.57. The molecule has 0 spiro atoms. The molecular formula is C22H22FN3O5. The molecule has 0 atom stereocenters. The molecule has 8 nitrogen and oxygen atoms in total. The second kappa shape index (κ2) is 10.4. The second-order valence-corrected chi connectivity index (χ2v) is 6.76. The lowest BCUT2D eigenvalue weighted by molar-refractivity contribution is -0.134. The Balaban J connectivity index is 0.000000293. The van der Waals surface area contributed by atoms with Gasteiger partial charge in [0.25, 0.3) is 0 Å². The van der Waals surface area contributed by atoms with E-state index in [1.807, 2.05) is 30.3 Å². The average Bonchev–Trinajstić information content (AvgIpc) is 3.12. The van der Waals surface area contributed by atoms with Gasteiger partial charge in [-0.15, -0.1) is 5.10 Å². The van der Waals surface area contributed by atoms with Crippen molar-refractivity contribution < 1.29 is 28.9 Å². The monoisotopic (exact) mass is 427 g/mol. The first-order chi connectivity index (χ1) is 15.0. The summed E-state index contributed by atoms with van der Waals surface area (Å²) < 4.78 is 21.9. The van der Waals surface area contributed by atoms with Crippen LogP contribution >= 0.6 is 0 Å². The maximum Gasteiger partial charge on any atom is 0.328 e. The van der Waals surface area contributed by atoms with Crippen molar-refractivity contribution in [1.82, 2.24) is 15.1 Å². The van der Waals surface area contributed by atoms with Gasteiger partial charge in [-0.1, -0.05) is 24.3 Å². The summed E-state index contributed by atoms with van der Waals surface area (Å²) >= 11 is 0. The van der Waals surface area contributed by atoms with Crippen molar-refractivity contribution in [2.24, 2.45) is 0 Å². The largest absolute Gasteiger partial charge is 0.478 e. The van der Waals surface area contributed by atoms with Gasteiger partial charge in [-0.25, -0.2) is 18.7 Å². The van der Waals surface area contributed by atoms with Gasteiger partial charge in [0, 0.05) is 12.2 Å². The van der Waals surface area contributed by atoms with Crippen molar-refractivity contribution in [3.05, 3.63) is 66.5 Å². The Labute approximate surface area is 177 Å². The highest BCUT2D eigenvalue weighted by molar-refractivity contribution is 5.89. The van der Waals surface area contributed by atoms with Crippen LogP contribution in [0.25, 0.3) is 16.6 Å². The van der Waals surface area contributed by atoms with Gasteiger partial charge < -0.3 is 20.3 Å². The maximum atomic E-state index is 14.2. The molecule has 31 heavy (non-hydrogen) atoms. The fraction of sp³-hybridized carbons (Fsp3) is 0.227. The van der Waals surface area contributed by atoms with Crippen LogP contribution in [-0.4, -0.2) is 51.1 Å². The Morgan fingerprint density at radius 2 is 1.65 bits per heavy atom. The molecule has 1 aliphatic rings. The molecule has 9 heteroatoms. The van der Waals surface area contributed by atoms with Gasteiger partial charge in [0.05, 0.1) is 10.9 Å². The number of hydrogen-bond acceptors (Lipinski definition) is 5. The zero-order valence-electron chi connectivity index (χ0n) is 16.6. The van der Waals surface area contributed by atoms with Crippen molar-refractivity contribution in [1.29, 1.82) is 0 Å². The molecule has 0 bridgehead atoms. The molecule has 162 valence electrons. The maximum absolute atomic E-state index is 14.2. The number of fused-ring (bicyclic) bond motifs is 1. The summed E-state index contributed by atoms with van der Waals surface area (Å²) in [6.45, 7) is 1.91. The summed E-state index contributed by atoms with van der Waals surface area (Å²) in [6.07, 6.45) is 3.19. The lowest BCUT2D eigenvalue weighted by atomic mass is 10.1. The number of nitrogens with one attached hydrogen (secondary N) is 1. The molecule has 1 fully saturated rings. The third-order valence-corrected chi connectivity index (χ3v) is 4.57. The van der Waals surface area contributed by atoms with Crippen molar-refractivity contribution in [2.45, 2.75) is 18.9 Å². The van der Waals surface area contributed by atoms with Gasteiger partial charge in [0.1, 0.15) is 17.6 Å². The number of benzene rings is 2. The minimum Gasteiger partial charge on any atom is -0.478 e. The molecule has 2 aromatic carbocycles. The Bertz CT molecular complexity index is 1070. The zero-order valence-corrected chi connectivity index (χ0v) is 16.6. The van der Waals surface area contributed by atoms with Gasteiger partial charge in [-0.05, 0) is 50.2 Å². The van der Waals surface area contributed by atoms with Crippen LogP contribution in [-0.2, 0) is 9.59 Å². The highest BCUT2D eigenvalue weighted by atomic mass is 19.1. The van der Waals surface area contributed by atoms with Crippen molar-refractivity contribution in [3.8, 4) is 11.6 Å². The van der Waals surface area contributed by atoms with Gasteiger partial charge >= 0.3 is 11.9 Å². The van der Waals surface area contributed by atoms with E-state index in [2.05, 4.69) is 10.4 Å². The molecule has 0 saturated carbocycles. The summed E-state index contributed by atoms with van der Waals surface area (Å²) in [5, 5.41) is 24.4. The number of piperidine rings is 1. The standard InChI is InChI=1S/C18H18FN3O.C4H4O4/c19-15-6-2-4-8-17(15)22-16-7-3-1-5-14(16)18(21-22)23-13-9-11-20-12-10-13;5-3(6)1-2-4(7)8/h1-8,13,20H,9-12H2;1-2H,(H,5,6)(H,7,8)/b;2-1+. The van der Waals surface area contributed by atoms with Gasteiger partial charge in [0.15, 0.2) is 0 Å². The first-order valence-electron chi connectivity index (χ1n) is 9.69. The van der Waals surface area contributed by atoms with Crippen molar-refractivity contribution in [3.63, 3.8) is 0 Å². The number of nitrogens with zero attached hydrogens (tertiary/aromatic N) is 2. The SMILES string of the molecule is Fc1ccccc1-n1nc(OC2CCNCC2)c2ccccc21.O=C(O)/C=C/C(=O)O. The smallest absolute Gasteiger partial charge is 0.328 e. The lowest BCUT2D eigenvalue weighted by Gasteiger charge is -2.22. The van der Waals surface area contributed by atoms with E-state index in [1.54, 1.807) is 16.8 Å². The predicted octanol–water partition coefficient (Wildman–Crippen LogP) is 3.01. The van der Waals surface area contributed by atoms with Gasteiger partial charge in [-0.3, -0.25) is 0 Å². The number of para-hydroxylation sites is 2. The number of aromatic nitrogens is 2. The summed E-state index contributed by atoms with van der Waals surface area (Å²) in [4.78, 5) is 19.1. The van der Waals surface area contributed by atoms with E-state index in [0.29, 0.717) is 23.7 Å². The molecule has 0 radical (unpaired) electrons.